The molecule has 0 spiro atoms. The molecule has 0 radical (unpaired) electrons. The maximum absolute atomic E-state index is 12.4. The number of carbonyl (C=O) groups is 1. The van der Waals surface area contributed by atoms with Crippen molar-refractivity contribution >= 4 is 27.3 Å². The van der Waals surface area contributed by atoms with Crippen LogP contribution in [-0.2, 0) is 27.8 Å². The lowest BCUT2D eigenvalue weighted by atomic mass is 10.1. The van der Waals surface area contributed by atoms with Gasteiger partial charge in [-0.1, -0.05) is 35.9 Å². The first kappa shape index (κ1) is 22.3. The summed E-state index contributed by atoms with van der Waals surface area (Å²) in [6, 6.07) is 18.1. The van der Waals surface area contributed by atoms with Crippen LogP contribution in [0.15, 0.2) is 66.9 Å². The van der Waals surface area contributed by atoms with Crippen LogP contribution < -0.4 is 14.4 Å². The molecule has 2 aromatic carbocycles. The SMILES string of the molecule is Cc1cccc(COc2cc(NC(=O)Cc3ccccn3)ccc2N(C)S(C)(=O)=O)c1. The van der Waals surface area contributed by atoms with E-state index < -0.39 is 10.0 Å². The van der Waals surface area contributed by atoms with Gasteiger partial charge in [-0.25, -0.2) is 8.42 Å². The number of sulfonamides is 1. The van der Waals surface area contributed by atoms with Gasteiger partial charge in [-0.3, -0.25) is 14.1 Å². The van der Waals surface area contributed by atoms with Crippen LogP contribution in [0.3, 0.4) is 0 Å². The van der Waals surface area contributed by atoms with E-state index in [4.69, 9.17) is 4.74 Å². The van der Waals surface area contributed by atoms with E-state index in [1.54, 1.807) is 36.5 Å². The van der Waals surface area contributed by atoms with E-state index in [1.807, 2.05) is 37.3 Å². The Balaban J connectivity index is 1.82. The number of hydrogen-bond donors (Lipinski definition) is 1. The third-order valence-electron chi connectivity index (χ3n) is 4.62. The van der Waals surface area contributed by atoms with Crippen LogP contribution >= 0.6 is 0 Å². The number of benzene rings is 2. The molecule has 1 N–H and O–H groups in total. The van der Waals surface area contributed by atoms with Crippen molar-refractivity contribution in [2.24, 2.45) is 0 Å². The predicted molar refractivity (Wildman–Crippen MR) is 122 cm³/mol. The zero-order valence-corrected chi connectivity index (χ0v) is 18.5. The van der Waals surface area contributed by atoms with E-state index in [-0.39, 0.29) is 18.9 Å². The molecule has 0 aliphatic carbocycles. The average Bonchev–Trinajstić information content (AvgIpc) is 2.72. The minimum Gasteiger partial charge on any atom is -0.487 e. The highest BCUT2D eigenvalue weighted by atomic mass is 32.2. The summed E-state index contributed by atoms with van der Waals surface area (Å²) in [6.45, 7) is 2.25. The van der Waals surface area contributed by atoms with E-state index in [1.165, 1.54) is 7.05 Å². The highest BCUT2D eigenvalue weighted by molar-refractivity contribution is 7.92. The molecule has 0 fully saturated rings. The molecule has 0 aliphatic heterocycles. The van der Waals surface area contributed by atoms with E-state index in [2.05, 4.69) is 10.3 Å². The first-order valence-corrected chi connectivity index (χ1v) is 11.5. The van der Waals surface area contributed by atoms with Crippen molar-refractivity contribution in [2.45, 2.75) is 20.0 Å². The molecule has 7 nitrogen and oxygen atoms in total. The molecule has 0 aliphatic rings. The number of nitrogens with zero attached hydrogens (tertiary/aromatic N) is 2. The van der Waals surface area contributed by atoms with Gasteiger partial charge in [0.05, 0.1) is 18.4 Å². The summed E-state index contributed by atoms with van der Waals surface area (Å²) in [5.41, 5.74) is 3.61. The number of anilines is 2. The van der Waals surface area contributed by atoms with Crippen molar-refractivity contribution in [1.29, 1.82) is 0 Å². The molecule has 31 heavy (non-hydrogen) atoms. The second-order valence-corrected chi connectivity index (χ2v) is 9.25. The van der Waals surface area contributed by atoms with Crippen LogP contribution in [0, 0.1) is 6.92 Å². The van der Waals surface area contributed by atoms with Gasteiger partial charge in [-0.2, -0.15) is 0 Å². The molecule has 3 rings (SSSR count). The van der Waals surface area contributed by atoms with Crippen LogP contribution in [0.4, 0.5) is 11.4 Å². The van der Waals surface area contributed by atoms with Crippen LogP contribution in [0.1, 0.15) is 16.8 Å². The van der Waals surface area contributed by atoms with Crippen LogP contribution in [0.25, 0.3) is 0 Å². The fourth-order valence-electron chi connectivity index (χ4n) is 2.98. The number of carbonyl (C=O) groups excluding carboxylic acids is 1. The first-order valence-electron chi connectivity index (χ1n) is 9.68. The van der Waals surface area contributed by atoms with Crippen molar-refractivity contribution in [3.8, 4) is 5.75 Å². The Bertz CT molecular complexity index is 1160. The van der Waals surface area contributed by atoms with Crippen LogP contribution in [-0.4, -0.2) is 32.6 Å². The molecule has 0 saturated heterocycles. The minimum atomic E-state index is -3.49. The molecular formula is C23H25N3O4S. The van der Waals surface area contributed by atoms with Crippen molar-refractivity contribution in [3.05, 3.63) is 83.7 Å². The molecule has 8 heteroatoms. The maximum Gasteiger partial charge on any atom is 0.232 e. The largest absolute Gasteiger partial charge is 0.487 e. The molecule has 1 heterocycles. The van der Waals surface area contributed by atoms with Gasteiger partial charge in [0, 0.05) is 30.7 Å². The highest BCUT2D eigenvalue weighted by Crippen LogP contribution is 2.33. The quantitative estimate of drug-likeness (QED) is 0.580. The Morgan fingerprint density at radius 1 is 1.10 bits per heavy atom. The lowest BCUT2D eigenvalue weighted by Crippen LogP contribution is -2.25. The second kappa shape index (κ2) is 9.61. The zero-order valence-electron chi connectivity index (χ0n) is 17.7. The van der Waals surface area contributed by atoms with Gasteiger partial charge >= 0.3 is 0 Å². The van der Waals surface area contributed by atoms with Gasteiger partial charge in [-0.05, 0) is 36.8 Å². The Hall–Kier alpha value is -3.39. The summed E-state index contributed by atoms with van der Waals surface area (Å²) in [6.07, 6.45) is 2.89. The smallest absolute Gasteiger partial charge is 0.232 e. The van der Waals surface area contributed by atoms with Crippen molar-refractivity contribution in [1.82, 2.24) is 4.98 Å². The molecule has 1 aromatic heterocycles. The normalized spacial score (nSPS) is 11.1. The number of ether oxygens (including phenoxy) is 1. The number of amides is 1. The Kier molecular flexibility index (Phi) is 6.91. The Morgan fingerprint density at radius 2 is 1.90 bits per heavy atom. The number of rotatable bonds is 8. The fourth-order valence-corrected chi connectivity index (χ4v) is 3.49. The van der Waals surface area contributed by atoms with E-state index in [9.17, 15) is 13.2 Å². The first-order chi connectivity index (χ1) is 14.7. The molecule has 0 atom stereocenters. The van der Waals surface area contributed by atoms with Crippen LogP contribution in [0.5, 0.6) is 5.75 Å². The van der Waals surface area contributed by atoms with Gasteiger partial charge in [0.25, 0.3) is 0 Å². The van der Waals surface area contributed by atoms with Crippen molar-refractivity contribution < 1.29 is 17.9 Å². The summed E-state index contributed by atoms with van der Waals surface area (Å²) in [4.78, 5) is 16.5. The van der Waals surface area contributed by atoms with Crippen LogP contribution in [0.2, 0.25) is 0 Å². The Morgan fingerprint density at radius 3 is 2.58 bits per heavy atom. The number of aromatic nitrogens is 1. The molecule has 1 amide bonds. The molecule has 0 unspecified atom stereocenters. The summed E-state index contributed by atoms with van der Waals surface area (Å²) < 4.78 is 31.2. The van der Waals surface area contributed by atoms with E-state index in [0.717, 1.165) is 21.7 Å². The zero-order chi connectivity index (χ0) is 22.4. The summed E-state index contributed by atoms with van der Waals surface area (Å²) in [5, 5.41) is 2.82. The number of nitrogens with one attached hydrogen (secondary N) is 1. The second-order valence-electron chi connectivity index (χ2n) is 7.24. The maximum atomic E-state index is 12.4. The van der Waals surface area contributed by atoms with Gasteiger partial charge in [0.2, 0.25) is 15.9 Å². The highest BCUT2D eigenvalue weighted by Gasteiger charge is 2.18. The van der Waals surface area contributed by atoms with E-state index >= 15 is 0 Å². The number of hydrogen-bond acceptors (Lipinski definition) is 5. The number of aryl methyl sites for hydroxylation is 1. The third kappa shape index (κ3) is 6.29. The van der Waals surface area contributed by atoms with Gasteiger partial charge < -0.3 is 10.1 Å². The average molecular weight is 440 g/mol. The lowest BCUT2D eigenvalue weighted by molar-refractivity contribution is -0.115. The lowest BCUT2D eigenvalue weighted by Gasteiger charge is -2.21. The Labute approximate surface area is 182 Å². The standard InChI is InChI=1S/C23H25N3O4S/c1-17-7-6-8-18(13-17)16-30-22-14-20(10-11-21(22)26(2)31(3,28)29)25-23(27)15-19-9-4-5-12-24-19/h4-14H,15-16H2,1-3H3,(H,25,27). The van der Waals surface area contributed by atoms with Gasteiger partial charge in [0.15, 0.2) is 0 Å². The molecular weight excluding hydrogens is 414 g/mol. The third-order valence-corrected chi connectivity index (χ3v) is 5.82. The molecule has 0 saturated carbocycles. The van der Waals surface area contributed by atoms with Gasteiger partial charge in [0.1, 0.15) is 12.4 Å². The fraction of sp³-hybridized carbons (Fsp3) is 0.217. The molecule has 162 valence electrons. The number of pyridine rings is 1. The van der Waals surface area contributed by atoms with Crippen molar-refractivity contribution in [3.63, 3.8) is 0 Å². The monoisotopic (exact) mass is 439 g/mol. The minimum absolute atomic E-state index is 0.130. The topological polar surface area (TPSA) is 88.6 Å². The van der Waals surface area contributed by atoms with E-state index in [0.29, 0.717) is 22.8 Å². The predicted octanol–water partition coefficient (Wildman–Crippen LogP) is 3.55. The summed E-state index contributed by atoms with van der Waals surface area (Å²) >= 11 is 0. The summed E-state index contributed by atoms with van der Waals surface area (Å²) in [5.74, 6) is 0.123. The molecule has 0 bridgehead atoms. The molecule has 3 aromatic rings. The van der Waals surface area contributed by atoms with Crippen molar-refractivity contribution in [2.75, 3.05) is 22.9 Å². The van der Waals surface area contributed by atoms with Gasteiger partial charge in [-0.15, -0.1) is 0 Å². The summed E-state index contributed by atoms with van der Waals surface area (Å²) in [7, 11) is -2.03.